The molecule has 1 radical (unpaired) electrons. The Morgan fingerprint density at radius 2 is 1.82 bits per heavy atom. The van der Waals surface area contributed by atoms with Gasteiger partial charge in [-0.15, -0.1) is 0 Å². The number of hydrogen-bond donors (Lipinski definition) is 0. The van der Waals surface area contributed by atoms with Crippen LogP contribution in [-0.4, -0.2) is 16.1 Å². The van der Waals surface area contributed by atoms with Crippen LogP contribution in [0.25, 0.3) is 0 Å². The summed E-state index contributed by atoms with van der Waals surface area (Å²) in [6.45, 7) is 0. The van der Waals surface area contributed by atoms with Crippen LogP contribution in [-0.2, 0) is 6.42 Å². The molecule has 0 atom stereocenters. The van der Waals surface area contributed by atoms with Crippen LogP contribution in [0.15, 0.2) is 12.4 Å². The molecule has 11 heavy (non-hydrogen) atoms. The highest BCUT2D eigenvalue weighted by molar-refractivity contribution is 5.03. The van der Waals surface area contributed by atoms with Crippen molar-refractivity contribution in [3.63, 3.8) is 0 Å². The van der Waals surface area contributed by atoms with Gasteiger partial charge in [-0.1, -0.05) is 0 Å². The Kier molecular flexibility index (Phi) is 2.07. The van der Waals surface area contributed by atoms with Gasteiger partial charge < -0.3 is 0 Å². The Morgan fingerprint density at radius 1 is 1.27 bits per heavy atom. The fourth-order valence-corrected chi connectivity index (χ4v) is 0.613. The van der Waals surface area contributed by atoms with Gasteiger partial charge in [0.1, 0.15) is 0 Å². The molecule has 0 unspecified atom stereocenters. The van der Waals surface area contributed by atoms with E-state index in [1.54, 1.807) is 0 Å². The first kappa shape index (κ1) is 7.97. The molecule has 1 rings (SSSR count). The molecule has 0 bridgehead atoms. The molecule has 0 aliphatic heterocycles. The molecule has 0 fully saturated rings. The second-order valence-corrected chi connectivity index (χ2v) is 1.98. The van der Waals surface area contributed by atoms with Gasteiger partial charge in [-0.3, -0.25) is 0 Å². The van der Waals surface area contributed by atoms with Crippen LogP contribution >= 0.6 is 0 Å². The van der Waals surface area contributed by atoms with E-state index in [0.29, 0.717) is 0 Å². The Morgan fingerprint density at radius 3 is 2.27 bits per heavy atom. The monoisotopic (exact) mass is 161 g/mol. The van der Waals surface area contributed by atoms with E-state index < -0.39 is 12.6 Å². The highest BCUT2D eigenvalue weighted by Gasteiger charge is 2.27. The van der Waals surface area contributed by atoms with Crippen LogP contribution in [0.1, 0.15) is 5.56 Å². The molecule has 1 aromatic heterocycles. The maximum atomic E-state index is 11.7. The Bertz CT molecular complexity index is 219. The maximum absolute atomic E-state index is 11.7. The number of nitrogens with zero attached hydrogens (tertiary/aromatic N) is 2. The molecule has 5 heteroatoms. The lowest BCUT2D eigenvalue weighted by molar-refractivity contribution is -0.127. The summed E-state index contributed by atoms with van der Waals surface area (Å²) in [4.78, 5) is 6.67. The molecule has 1 aromatic rings. The van der Waals surface area contributed by atoms with Gasteiger partial charge in [0.05, 0.1) is 6.42 Å². The summed E-state index contributed by atoms with van der Waals surface area (Å²) >= 11 is 0. The summed E-state index contributed by atoms with van der Waals surface area (Å²) in [7, 11) is 0. The lowest BCUT2D eigenvalue weighted by Gasteiger charge is -2.03. The predicted octanol–water partition coefficient (Wildman–Crippen LogP) is 1.38. The minimum absolute atomic E-state index is 0.0521. The van der Waals surface area contributed by atoms with E-state index >= 15 is 0 Å². The van der Waals surface area contributed by atoms with E-state index in [9.17, 15) is 13.2 Å². The minimum atomic E-state index is -4.19. The smallest absolute Gasteiger partial charge is 0.234 e. The SMILES string of the molecule is FC(F)(F)Cc1cn[c]nc1. The van der Waals surface area contributed by atoms with E-state index in [2.05, 4.69) is 16.3 Å². The normalized spacial score (nSPS) is 11.5. The Balaban J connectivity index is 2.66. The molecule has 0 saturated heterocycles. The zero-order valence-electron chi connectivity index (χ0n) is 5.39. The first-order valence-electron chi connectivity index (χ1n) is 2.82. The maximum Gasteiger partial charge on any atom is 0.393 e. The van der Waals surface area contributed by atoms with Crippen LogP contribution in [0.5, 0.6) is 0 Å². The fourth-order valence-electron chi connectivity index (χ4n) is 0.613. The first-order valence-corrected chi connectivity index (χ1v) is 2.82. The third-order valence-corrected chi connectivity index (χ3v) is 0.981. The standard InChI is InChI=1S/C6H4F3N2/c7-6(8,9)1-5-2-10-4-11-3-5/h2-3H,1H2. The summed E-state index contributed by atoms with van der Waals surface area (Å²) in [5, 5.41) is 0. The molecule has 0 saturated carbocycles. The summed E-state index contributed by atoms with van der Waals surface area (Å²) in [6, 6.07) is 0. The van der Waals surface area contributed by atoms with Gasteiger partial charge in [0.25, 0.3) is 0 Å². The lowest BCUT2D eigenvalue weighted by Crippen LogP contribution is -2.11. The van der Waals surface area contributed by atoms with Crippen molar-refractivity contribution in [2.75, 3.05) is 0 Å². The molecule has 0 aliphatic carbocycles. The van der Waals surface area contributed by atoms with Crippen molar-refractivity contribution in [3.8, 4) is 0 Å². The molecule has 2 nitrogen and oxygen atoms in total. The number of hydrogen-bond acceptors (Lipinski definition) is 2. The van der Waals surface area contributed by atoms with Crippen LogP contribution in [0.2, 0.25) is 0 Å². The molecular formula is C6H4F3N2. The Labute approximate surface area is 61.1 Å². The summed E-state index contributed by atoms with van der Waals surface area (Å²) in [6.07, 6.45) is -0.828. The van der Waals surface area contributed by atoms with Crippen molar-refractivity contribution in [1.82, 2.24) is 9.97 Å². The average Bonchev–Trinajstić information content (AvgIpc) is 1.85. The number of aromatic nitrogens is 2. The van der Waals surface area contributed by atoms with Crippen molar-refractivity contribution < 1.29 is 13.2 Å². The predicted molar refractivity (Wildman–Crippen MR) is 30.6 cm³/mol. The highest BCUT2D eigenvalue weighted by atomic mass is 19.4. The third-order valence-electron chi connectivity index (χ3n) is 0.981. The topological polar surface area (TPSA) is 25.8 Å². The molecule has 0 spiro atoms. The van der Waals surface area contributed by atoms with Crippen LogP contribution in [0, 0.1) is 6.33 Å². The van der Waals surface area contributed by atoms with Crippen molar-refractivity contribution in [2.24, 2.45) is 0 Å². The second kappa shape index (κ2) is 2.86. The quantitative estimate of drug-likeness (QED) is 0.621. The molecule has 1 heterocycles. The van der Waals surface area contributed by atoms with Crippen molar-refractivity contribution in [3.05, 3.63) is 24.3 Å². The van der Waals surface area contributed by atoms with Gasteiger partial charge in [-0.05, 0) is 5.56 Å². The van der Waals surface area contributed by atoms with Crippen molar-refractivity contribution in [2.45, 2.75) is 12.6 Å². The van der Waals surface area contributed by atoms with Crippen LogP contribution in [0.3, 0.4) is 0 Å². The molecule has 0 N–H and O–H groups in total. The van der Waals surface area contributed by atoms with Gasteiger partial charge in [-0.25, -0.2) is 9.97 Å². The average molecular weight is 161 g/mol. The zero-order valence-corrected chi connectivity index (χ0v) is 5.39. The van der Waals surface area contributed by atoms with Gasteiger partial charge in [-0.2, -0.15) is 13.2 Å². The third kappa shape index (κ3) is 2.97. The molecular weight excluding hydrogens is 157 g/mol. The summed E-state index contributed by atoms with van der Waals surface area (Å²) in [5.74, 6) is 0. The van der Waals surface area contributed by atoms with E-state index in [4.69, 9.17) is 0 Å². The summed E-state index contributed by atoms with van der Waals surface area (Å²) < 4.78 is 35.0. The number of halogens is 3. The molecule has 59 valence electrons. The zero-order chi connectivity index (χ0) is 8.32. The van der Waals surface area contributed by atoms with Gasteiger partial charge >= 0.3 is 6.18 Å². The first-order chi connectivity index (χ1) is 5.08. The van der Waals surface area contributed by atoms with Crippen molar-refractivity contribution in [1.29, 1.82) is 0 Å². The molecule has 0 amide bonds. The van der Waals surface area contributed by atoms with Crippen LogP contribution in [0.4, 0.5) is 13.2 Å². The fraction of sp³-hybridized carbons (Fsp3) is 0.333. The summed E-state index contributed by atoms with van der Waals surface area (Å²) in [5.41, 5.74) is 0.0521. The largest absolute Gasteiger partial charge is 0.393 e. The van der Waals surface area contributed by atoms with Gasteiger partial charge in [0.2, 0.25) is 0 Å². The van der Waals surface area contributed by atoms with E-state index in [1.165, 1.54) is 0 Å². The van der Waals surface area contributed by atoms with Gasteiger partial charge in [0, 0.05) is 12.4 Å². The minimum Gasteiger partial charge on any atom is -0.234 e. The highest BCUT2D eigenvalue weighted by Crippen LogP contribution is 2.19. The Hall–Kier alpha value is -1.13. The lowest BCUT2D eigenvalue weighted by atomic mass is 10.2. The van der Waals surface area contributed by atoms with Crippen molar-refractivity contribution >= 4 is 0 Å². The van der Waals surface area contributed by atoms with E-state index in [-0.39, 0.29) is 5.56 Å². The number of rotatable bonds is 1. The number of alkyl halides is 3. The van der Waals surface area contributed by atoms with E-state index in [0.717, 1.165) is 12.4 Å². The van der Waals surface area contributed by atoms with Gasteiger partial charge in [0.15, 0.2) is 6.33 Å². The second-order valence-electron chi connectivity index (χ2n) is 1.98. The molecule has 0 aromatic carbocycles. The molecule has 0 aliphatic rings. The van der Waals surface area contributed by atoms with E-state index in [1.807, 2.05) is 0 Å². The van der Waals surface area contributed by atoms with Crippen LogP contribution < -0.4 is 0 Å².